The highest BCUT2D eigenvalue weighted by Crippen LogP contribution is 2.35. The summed E-state index contributed by atoms with van der Waals surface area (Å²) < 4.78 is 0. The average Bonchev–Trinajstić information content (AvgIpc) is 2.55. The topological polar surface area (TPSA) is 0 Å². The minimum absolute atomic E-state index is 0.531. The van der Waals surface area contributed by atoms with Crippen LogP contribution in [0.25, 0.3) is 0 Å². The lowest BCUT2D eigenvalue weighted by Crippen LogP contribution is -2.11. The van der Waals surface area contributed by atoms with Crippen molar-refractivity contribution in [3.8, 4) is 12.3 Å². The van der Waals surface area contributed by atoms with Gasteiger partial charge in [0.25, 0.3) is 0 Å². The molecule has 0 radical (unpaired) electrons. The van der Waals surface area contributed by atoms with E-state index in [1.807, 2.05) is 0 Å². The first-order valence-electron chi connectivity index (χ1n) is 8.88. The quantitative estimate of drug-likeness (QED) is 0.418. The second kappa shape index (κ2) is 8.93. The van der Waals surface area contributed by atoms with Crippen molar-refractivity contribution in [3.63, 3.8) is 0 Å². The summed E-state index contributed by atoms with van der Waals surface area (Å²) in [6.07, 6.45) is 18.6. The number of terminal acetylenes is 1. The van der Waals surface area contributed by atoms with Crippen LogP contribution in [0.4, 0.5) is 0 Å². The Labute approximate surface area is 131 Å². The fourth-order valence-electron chi connectivity index (χ4n) is 3.48. The Morgan fingerprint density at radius 3 is 2.24 bits per heavy atom. The first-order valence-corrected chi connectivity index (χ1v) is 8.88. The monoisotopic (exact) mass is 282 g/mol. The Hall–Kier alpha value is -1.22. The van der Waals surface area contributed by atoms with Crippen molar-refractivity contribution in [1.82, 2.24) is 0 Å². The smallest absolute Gasteiger partial charge is 0.0200 e. The number of benzene rings is 1. The summed E-state index contributed by atoms with van der Waals surface area (Å²) in [5.41, 5.74) is 3.03. The van der Waals surface area contributed by atoms with E-state index in [1.165, 1.54) is 75.3 Å². The van der Waals surface area contributed by atoms with Gasteiger partial charge in [-0.15, -0.1) is 12.3 Å². The zero-order valence-electron chi connectivity index (χ0n) is 13.6. The van der Waals surface area contributed by atoms with E-state index < -0.39 is 0 Å². The van der Waals surface area contributed by atoms with Crippen LogP contribution in [0.2, 0.25) is 0 Å². The molecule has 1 aromatic rings. The zero-order valence-corrected chi connectivity index (χ0v) is 13.6. The minimum Gasteiger partial charge on any atom is -0.120 e. The first-order chi connectivity index (χ1) is 10.3. The molecule has 0 heterocycles. The van der Waals surface area contributed by atoms with Crippen molar-refractivity contribution in [2.45, 2.75) is 77.0 Å². The summed E-state index contributed by atoms with van der Waals surface area (Å²) >= 11 is 0. The Balaban J connectivity index is 1.76. The lowest BCUT2D eigenvalue weighted by atomic mass is 9.79. The molecule has 1 aliphatic carbocycles. The van der Waals surface area contributed by atoms with Crippen LogP contribution in [0.5, 0.6) is 0 Å². The highest BCUT2D eigenvalue weighted by Gasteiger charge is 2.20. The molecular weight excluding hydrogens is 252 g/mol. The van der Waals surface area contributed by atoms with Gasteiger partial charge in [0.15, 0.2) is 0 Å². The van der Waals surface area contributed by atoms with Crippen LogP contribution >= 0.6 is 0 Å². The molecule has 114 valence electrons. The van der Waals surface area contributed by atoms with Crippen molar-refractivity contribution < 1.29 is 0 Å². The van der Waals surface area contributed by atoms with Gasteiger partial charge in [0.1, 0.15) is 0 Å². The van der Waals surface area contributed by atoms with Crippen molar-refractivity contribution in [2.24, 2.45) is 5.92 Å². The van der Waals surface area contributed by atoms with Crippen LogP contribution < -0.4 is 0 Å². The van der Waals surface area contributed by atoms with Crippen LogP contribution in [0.15, 0.2) is 24.3 Å². The van der Waals surface area contributed by atoms with Crippen molar-refractivity contribution in [3.05, 3.63) is 35.4 Å². The summed E-state index contributed by atoms with van der Waals surface area (Å²) in [7, 11) is 0. The van der Waals surface area contributed by atoms with Gasteiger partial charge in [0.05, 0.1) is 0 Å². The molecule has 1 fully saturated rings. The van der Waals surface area contributed by atoms with Crippen LogP contribution in [-0.2, 0) is 6.42 Å². The molecule has 1 saturated carbocycles. The van der Waals surface area contributed by atoms with Crippen LogP contribution in [0, 0.1) is 18.3 Å². The van der Waals surface area contributed by atoms with Crippen molar-refractivity contribution >= 4 is 0 Å². The number of hydrogen-bond donors (Lipinski definition) is 0. The molecule has 1 aromatic carbocycles. The predicted molar refractivity (Wildman–Crippen MR) is 92.4 cm³/mol. The highest BCUT2D eigenvalue weighted by atomic mass is 14.2. The van der Waals surface area contributed by atoms with Gasteiger partial charge >= 0.3 is 0 Å². The third-order valence-corrected chi connectivity index (χ3v) is 4.98. The largest absolute Gasteiger partial charge is 0.120 e. The summed E-state index contributed by atoms with van der Waals surface area (Å²) in [5, 5.41) is 0. The number of rotatable bonds is 7. The van der Waals surface area contributed by atoms with E-state index in [4.69, 9.17) is 6.42 Å². The zero-order chi connectivity index (χ0) is 14.9. The van der Waals surface area contributed by atoms with Crippen molar-refractivity contribution in [1.29, 1.82) is 0 Å². The number of unbranched alkanes of at least 4 members (excludes halogenated alkanes) is 4. The second-order valence-electron chi connectivity index (χ2n) is 6.62. The third kappa shape index (κ3) is 5.24. The lowest BCUT2D eigenvalue weighted by Gasteiger charge is -2.26. The fourth-order valence-corrected chi connectivity index (χ4v) is 3.48. The van der Waals surface area contributed by atoms with E-state index in [-0.39, 0.29) is 0 Å². The Morgan fingerprint density at radius 1 is 0.952 bits per heavy atom. The summed E-state index contributed by atoms with van der Waals surface area (Å²) in [6.45, 7) is 2.27. The minimum atomic E-state index is 0.531. The lowest BCUT2D eigenvalue weighted by molar-refractivity contribution is 0.385. The molecule has 0 bridgehead atoms. The molecule has 0 amide bonds. The SMILES string of the molecule is C#C[C@H]1CC[C@H](c2ccc(CCCCCCC)cc2)CC1. The number of aryl methyl sites for hydroxylation is 1. The van der Waals surface area contributed by atoms with Gasteiger partial charge < -0.3 is 0 Å². The van der Waals surface area contributed by atoms with Gasteiger partial charge in [0, 0.05) is 5.92 Å². The Bertz CT molecular complexity index is 426. The molecule has 0 N–H and O–H groups in total. The van der Waals surface area contributed by atoms with Gasteiger partial charge in [-0.3, -0.25) is 0 Å². The summed E-state index contributed by atoms with van der Waals surface area (Å²) in [4.78, 5) is 0. The van der Waals surface area contributed by atoms with Gasteiger partial charge in [-0.25, -0.2) is 0 Å². The molecule has 0 heteroatoms. The molecule has 1 aliphatic rings. The molecule has 0 aromatic heterocycles. The molecule has 0 aliphatic heterocycles. The van der Waals surface area contributed by atoms with Gasteiger partial charge in [-0.2, -0.15) is 0 Å². The molecular formula is C21H30. The third-order valence-electron chi connectivity index (χ3n) is 4.98. The average molecular weight is 282 g/mol. The standard InChI is InChI=1S/C21H30/c1-3-5-6-7-8-9-19-12-16-21(17-13-19)20-14-10-18(4-2)11-15-20/h2,12-13,16-18,20H,3,5-11,14-15H2,1H3/t18-,20-. The normalized spacial score (nSPS) is 21.9. The molecule has 0 nitrogen and oxygen atoms in total. The van der Waals surface area contributed by atoms with Crippen molar-refractivity contribution in [2.75, 3.05) is 0 Å². The highest BCUT2D eigenvalue weighted by molar-refractivity contribution is 5.26. The van der Waals surface area contributed by atoms with E-state index in [0.717, 1.165) is 5.92 Å². The van der Waals surface area contributed by atoms with Gasteiger partial charge in [0.2, 0.25) is 0 Å². The molecule has 0 spiro atoms. The maximum atomic E-state index is 5.53. The van der Waals surface area contributed by atoms with Gasteiger partial charge in [-0.05, 0) is 55.6 Å². The maximum absolute atomic E-state index is 5.53. The fraction of sp³-hybridized carbons (Fsp3) is 0.619. The maximum Gasteiger partial charge on any atom is 0.0200 e. The van der Waals surface area contributed by atoms with E-state index in [2.05, 4.69) is 37.1 Å². The van der Waals surface area contributed by atoms with Crippen LogP contribution in [0.1, 0.15) is 81.8 Å². The molecule has 21 heavy (non-hydrogen) atoms. The summed E-state index contributed by atoms with van der Waals surface area (Å²) in [6, 6.07) is 9.43. The molecule has 2 rings (SSSR count). The first kappa shape index (κ1) is 16.2. The predicted octanol–water partition coefficient (Wildman–Crippen LogP) is 6.11. The van der Waals surface area contributed by atoms with E-state index in [0.29, 0.717) is 5.92 Å². The van der Waals surface area contributed by atoms with Crippen LogP contribution in [0.3, 0.4) is 0 Å². The van der Waals surface area contributed by atoms with E-state index >= 15 is 0 Å². The molecule has 0 unspecified atom stereocenters. The van der Waals surface area contributed by atoms with Crippen LogP contribution in [-0.4, -0.2) is 0 Å². The summed E-state index contributed by atoms with van der Waals surface area (Å²) in [5.74, 6) is 4.20. The Morgan fingerprint density at radius 2 is 1.62 bits per heavy atom. The second-order valence-corrected chi connectivity index (χ2v) is 6.62. The molecule has 0 saturated heterocycles. The Kier molecular flexibility index (Phi) is 6.87. The van der Waals surface area contributed by atoms with Gasteiger partial charge in [-0.1, -0.05) is 56.9 Å². The van der Waals surface area contributed by atoms with E-state index in [9.17, 15) is 0 Å². The van der Waals surface area contributed by atoms with E-state index in [1.54, 1.807) is 0 Å². The number of hydrogen-bond acceptors (Lipinski definition) is 0. The molecule has 0 atom stereocenters.